The molecule has 0 spiro atoms. The van der Waals surface area contributed by atoms with Gasteiger partial charge in [0.1, 0.15) is 9.77 Å². The molecule has 3 aromatic heterocycles. The molecule has 0 unspecified atom stereocenters. The van der Waals surface area contributed by atoms with E-state index in [9.17, 15) is 13.2 Å². The Kier molecular flexibility index (Phi) is 5.25. The lowest BCUT2D eigenvalue weighted by atomic mass is 10.2. The maximum atomic E-state index is 12.9. The quantitative estimate of drug-likeness (QED) is 0.688. The fourth-order valence-electron chi connectivity index (χ4n) is 3.10. The van der Waals surface area contributed by atoms with Crippen LogP contribution in [-0.4, -0.2) is 46.5 Å². The standard InChI is InChI=1S/C18H19N5O3S2/c24-18(21-14-5-6-16(19-13-14)23-11-4-8-20-23)17-15(7-12-27-17)28(25,26)22-9-2-1-3-10-22/h4-8,11-13H,1-3,9-10H2,(H,21,24). The molecule has 3 aromatic rings. The third-order valence-electron chi connectivity index (χ3n) is 4.51. The van der Waals surface area contributed by atoms with Crippen LogP contribution in [0.1, 0.15) is 28.9 Å². The zero-order chi connectivity index (χ0) is 19.6. The molecule has 4 rings (SSSR count). The van der Waals surface area contributed by atoms with E-state index in [4.69, 9.17) is 0 Å². The smallest absolute Gasteiger partial charge is 0.267 e. The monoisotopic (exact) mass is 417 g/mol. The lowest BCUT2D eigenvalue weighted by Gasteiger charge is -2.25. The highest BCUT2D eigenvalue weighted by molar-refractivity contribution is 7.89. The van der Waals surface area contributed by atoms with Crippen LogP contribution in [0.4, 0.5) is 5.69 Å². The number of carbonyl (C=O) groups excluding carboxylic acids is 1. The topological polar surface area (TPSA) is 97.2 Å². The van der Waals surface area contributed by atoms with Crippen molar-refractivity contribution < 1.29 is 13.2 Å². The number of hydrogen-bond donors (Lipinski definition) is 1. The van der Waals surface area contributed by atoms with E-state index in [1.807, 2.05) is 0 Å². The van der Waals surface area contributed by atoms with Crippen LogP contribution in [-0.2, 0) is 10.0 Å². The molecular weight excluding hydrogens is 398 g/mol. The number of anilines is 1. The summed E-state index contributed by atoms with van der Waals surface area (Å²) < 4.78 is 28.9. The number of sulfonamides is 1. The van der Waals surface area contributed by atoms with Crippen LogP contribution in [0, 0.1) is 0 Å². The summed E-state index contributed by atoms with van der Waals surface area (Å²) in [6.45, 7) is 0.996. The molecule has 0 aliphatic carbocycles. The van der Waals surface area contributed by atoms with Gasteiger partial charge >= 0.3 is 0 Å². The number of aromatic nitrogens is 3. The molecule has 146 valence electrons. The molecular formula is C18H19N5O3S2. The van der Waals surface area contributed by atoms with Crippen LogP contribution < -0.4 is 5.32 Å². The van der Waals surface area contributed by atoms with E-state index < -0.39 is 15.9 Å². The minimum atomic E-state index is -3.67. The second-order valence-corrected chi connectivity index (χ2v) is 9.21. The summed E-state index contributed by atoms with van der Waals surface area (Å²) in [6.07, 6.45) is 7.66. The minimum Gasteiger partial charge on any atom is -0.320 e. The largest absolute Gasteiger partial charge is 0.320 e. The number of pyridine rings is 1. The molecule has 10 heteroatoms. The lowest BCUT2D eigenvalue weighted by molar-refractivity contribution is 0.102. The van der Waals surface area contributed by atoms with E-state index in [1.54, 1.807) is 40.7 Å². The summed E-state index contributed by atoms with van der Waals surface area (Å²) in [7, 11) is -3.67. The molecule has 1 aliphatic rings. The highest BCUT2D eigenvalue weighted by atomic mass is 32.2. The first-order chi connectivity index (χ1) is 13.6. The normalized spacial score (nSPS) is 15.4. The van der Waals surface area contributed by atoms with E-state index in [0.29, 0.717) is 24.6 Å². The van der Waals surface area contributed by atoms with Crippen molar-refractivity contribution in [3.8, 4) is 5.82 Å². The van der Waals surface area contributed by atoms with Gasteiger partial charge in [-0.05, 0) is 42.5 Å². The molecule has 0 aromatic carbocycles. The Morgan fingerprint density at radius 3 is 2.64 bits per heavy atom. The van der Waals surface area contributed by atoms with Gasteiger partial charge in [-0.1, -0.05) is 6.42 Å². The van der Waals surface area contributed by atoms with E-state index >= 15 is 0 Å². The van der Waals surface area contributed by atoms with Crippen molar-refractivity contribution in [2.24, 2.45) is 0 Å². The van der Waals surface area contributed by atoms with Gasteiger partial charge in [-0.2, -0.15) is 9.40 Å². The fourth-order valence-corrected chi connectivity index (χ4v) is 5.91. The Balaban J connectivity index is 1.52. The van der Waals surface area contributed by atoms with Gasteiger partial charge in [0.15, 0.2) is 5.82 Å². The molecule has 4 heterocycles. The average molecular weight is 418 g/mol. The summed E-state index contributed by atoms with van der Waals surface area (Å²) in [5.41, 5.74) is 0.482. The van der Waals surface area contributed by atoms with Gasteiger partial charge in [0, 0.05) is 25.5 Å². The number of carbonyl (C=O) groups is 1. The number of nitrogens with one attached hydrogen (secondary N) is 1. The third-order valence-corrected chi connectivity index (χ3v) is 7.50. The Morgan fingerprint density at radius 1 is 1.14 bits per heavy atom. The molecule has 0 bridgehead atoms. The van der Waals surface area contributed by atoms with E-state index in [-0.39, 0.29) is 9.77 Å². The van der Waals surface area contributed by atoms with E-state index in [1.165, 1.54) is 16.6 Å². The van der Waals surface area contributed by atoms with Gasteiger partial charge in [0.2, 0.25) is 10.0 Å². The first kappa shape index (κ1) is 18.8. The van der Waals surface area contributed by atoms with Crippen molar-refractivity contribution >= 4 is 33.0 Å². The molecule has 0 saturated carbocycles. The first-order valence-electron chi connectivity index (χ1n) is 8.91. The van der Waals surface area contributed by atoms with Crippen LogP contribution in [0.25, 0.3) is 5.82 Å². The molecule has 1 amide bonds. The predicted octanol–water partition coefficient (Wildman–Crippen LogP) is 2.76. The fraction of sp³-hybridized carbons (Fsp3) is 0.278. The highest BCUT2D eigenvalue weighted by Crippen LogP contribution is 2.28. The number of hydrogen-bond acceptors (Lipinski definition) is 6. The first-order valence-corrected chi connectivity index (χ1v) is 11.2. The maximum Gasteiger partial charge on any atom is 0.267 e. The van der Waals surface area contributed by atoms with Crippen LogP contribution in [0.3, 0.4) is 0 Å². The van der Waals surface area contributed by atoms with Gasteiger partial charge < -0.3 is 5.32 Å². The van der Waals surface area contributed by atoms with Crippen LogP contribution >= 0.6 is 11.3 Å². The third kappa shape index (κ3) is 3.71. The minimum absolute atomic E-state index is 0.0676. The SMILES string of the molecule is O=C(Nc1ccc(-n2cccn2)nc1)c1sccc1S(=O)(=O)N1CCCCC1. The van der Waals surface area contributed by atoms with Crippen molar-refractivity contribution in [3.05, 3.63) is 53.1 Å². The van der Waals surface area contributed by atoms with Crippen molar-refractivity contribution in [1.82, 2.24) is 19.1 Å². The van der Waals surface area contributed by atoms with E-state index in [2.05, 4.69) is 15.4 Å². The summed E-state index contributed by atoms with van der Waals surface area (Å²) in [5, 5.41) is 8.46. The molecule has 1 N–H and O–H groups in total. The second kappa shape index (κ2) is 7.82. The molecule has 1 fully saturated rings. The van der Waals surface area contributed by atoms with Crippen molar-refractivity contribution in [2.45, 2.75) is 24.2 Å². The Hall–Kier alpha value is -2.56. The molecule has 0 atom stereocenters. The number of piperidine rings is 1. The van der Waals surface area contributed by atoms with Gasteiger partial charge in [0.25, 0.3) is 5.91 Å². The van der Waals surface area contributed by atoms with Crippen LogP contribution in [0.2, 0.25) is 0 Å². The highest BCUT2D eigenvalue weighted by Gasteiger charge is 2.31. The molecule has 8 nitrogen and oxygen atoms in total. The van der Waals surface area contributed by atoms with Crippen molar-refractivity contribution in [1.29, 1.82) is 0 Å². The van der Waals surface area contributed by atoms with Gasteiger partial charge in [0.05, 0.1) is 11.9 Å². The zero-order valence-electron chi connectivity index (χ0n) is 15.0. The van der Waals surface area contributed by atoms with Gasteiger partial charge in [-0.15, -0.1) is 11.3 Å². The average Bonchev–Trinajstić information content (AvgIpc) is 3.42. The summed E-state index contributed by atoms with van der Waals surface area (Å²) in [5.74, 6) is 0.159. The second-order valence-electron chi connectivity index (χ2n) is 6.39. The van der Waals surface area contributed by atoms with Crippen LogP contribution in [0.15, 0.2) is 53.1 Å². The van der Waals surface area contributed by atoms with Gasteiger partial charge in [-0.3, -0.25) is 4.79 Å². The number of thiophene rings is 1. The summed E-state index contributed by atoms with van der Waals surface area (Å²) >= 11 is 1.12. The van der Waals surface area contributed by atoms with Crippen molar-refractivity contribution in [2.75, 3.05) is 18.4 Å². The van der Waals surface area contributed by atoms with Gasteiger partial charge in [-0.25, -0.2) is 18.1 Å². The van der Waals surface area contributed by atoms with E-state index in [0.717, 1.165) is 30.6 Å². The maximum absolute atomic E-state index is 12.9. The Bertz CT molecular complexity index is 1050. The lowest BCUT2D eigenvalue weighted by Crippen LogP contribution is -2.36. The molecule has 1 saturated heterocycles. The predicted molar refractivity (Wildman–Crippen MR) is 106 cm³/mol. The summed E-state index contributed by atoms with van der Waals surface area (Å²) in [4.78, 5) is 17.2. The number of rotatable bonds is 5. The Labute approximate surface area is 166 Å². The van der Waals surface area contributed by atoms with Crippen molar-refractivity contribution in [3.63, 3.8) is 0 Å². The summed E-state index contributed by atoms with van der Waals surface area (Å²) in [6, 6.07) is 6.72. The number of nitrogens with zero attached hydrogens (tertiary/aromatic N) is 4. The molecule has 1 aliphatic heterocycles. The molecule has 28 heavy (non-hydrogen) atoms. The Morgan fingerprint density at radius 2 is 1.96 bits per heavy atom. The number of amides is 1. The van der Waals surface area contributed by atoms with Crippen LogP contribution in [0.5, 0.6) is 0 Å². The zero-order valence-corrected chi connectivity index (χ0v) is 16.6. The molecule has 0 radical (unpaired) electrons.